The van der Waals surface area contributed by atoms with Gasteiger partial charge in [0.05, 0.1) is 11.6 Å². The molecule has 1 aromatic heterocycles. The molecular weight excluding hydrogens is 263 g/mol. The molecule has 0 saturated heterocycles. The molecule has 0 bridgehead atoms. The summed E-state index contributed by atoms with van der Waals surface area (Å²) in [5, 5.41) is 0.608. The van der Waals surface area contributed by atoms with Crippen molar-refractivity contribution >= 4 is 33.3 Å². The monoisotopic (exact) mass is 272 g/mol. The minimum Gasteiger partial charge on any atom is -0.345 e. The van der Waals surface area contributed by atoms with E-state index < -0.39 is 0 Å². The summed E-state index contributed by atoms with van der Waals surface area (Å²) >= 11 is 9.34. The molecule has 0 radical (unpaired) electrons. The largest absolute Gasteiger partial charge is 0.345 e. The van der Waals surface area contributed by atoms with Crippen molar-refractivity contribution < 1.29 is 0 Å². The van der Waals surface area contributed by atoms with Gasteiger partial charge in [-0.15, -0.1) is 6.42 Å². The van der Waals surface area contributed by atoms with Crippen molar-refractivity contribution in [3.63, 3.8) is 0 Å². The van der Waals surface area contributed by atoms with Crippen molar-refractivity contribution in [2.45, 2.75) is 6.92 Å². The molecule has 4 heteroatoms. The van der Waals surface area contributed by atoms with E-state index in [1.54, 1.807) is 6.20 Å². The minimum absolute atomic E-state index is 0.519. The molecule has 14 heavy (non-hydrogen) atoms. The van der Waals surface area contributed by atoms with E-state index >= 15 is 0 Å². The highest BCUT2D eigenvalue weighted by Crippen LogP contribution is 2.25. The van der Waals surface area contributed by atoms with Crippen molar-refractivity contribution in [1.29, 1.82) is 0 Å². The Morgan fingerprint density at radius 1 is 1.71 bits per heavy atom. The van der Waals surface area contributed by atoms with E-state index in [4.69, 9.17) is 18.0 Å². The maximum atomic E-state index is 6.04. The summed E-state index contributed by atoms with van der Waals surface area (Å²) < 4.78 is 0.864. The Labute approximate surface area is 97.4 Å². The molecule has 0 fully saturated rings. The highest BCUT2D eigenvalue weighted by molar-refractivity contribution is 9.10. The molecule has 0 aliphatic rings. The van der Waals surface area contributed by atoms with Gasteiger partial charge in [-0.1, -0.05) is 17.5 Å². The van der Waals surface area contributed by atoms with Crippen LogP contribution in [0.2, 0.25) is 5.02 Å². The third kappa shape index (κ3) is 2.63. The molecule has 74 valence electrons. The predicted octanol–water partition coefficient (Wildman–Crippen LogP) is 2.96. The highest BCUT2D eigenvalue weighted by atomic mass is 79.9. The zero-order valence-electron chi connectivity index (χ0n) is 7.80. The molecule has 0 aliphatic heterocycles. The number of aromatic nitrogens is 1. The Morgan fingerprint density at radius 3 is 2.93 bits per heavy atom. The van der Waals surface area contributed by atoms with Gasteiger partial charge in [0.25, 0.3) is 0 Å². The second-order valence-electron chi connectivity index (χ2n) is 2.68. The summed E-state index contributed by atoms with van der Waals surface area (Å²) in [6.07, 6.45) is 6.96. The third-order valence-corrected chi connectivity index (χ3v) is 2.46. The van der Waals surface area contributed by atoms with Gasteiger partial charge < -0.3 is 4.90 Å². The van der Waals surface area contributed by atoms with Crippen LogP contribution < -0.4 is 4.90 Å². The Balaban J connectivity index is 2.99. The maximum absolute atomic E-state index is 6.04. The van der Waals surface area contributed by atoms with Crippen LogP contribution in [0.1, 0.15) is 6.92 Å². The molecule has 0 saturated carbocycles. The van der Waals surface area contributed by atoms with Crippen LogP contribution >= 0.6 is 27.5 Å². The topological polar surface area (TPSA) is 16.1 Å². The smallest absolute Gasteiger partial charge is 0.148 e. The first-order chi connectivity index (χ1) is 6.69. The normalized spacial score (nSPS) is 9.57. The summed E-state index contributed by atoms with van der Waals surface area (Å²) in [6, 6.07) is 1.81. The van der Waals surface area contributed by atoms with Gasteiger partial charge in [0.2, 0.25) is 0 Å². The number of nitrogens with zero attached hydrogens (tertiary/aromatic N) is 2. The van der Waals surface area contributed by atoms with Crippen LogP contribution in [0, 0.1) is 12.3 Å². The SMILES string of the molecule is C#CCN(CC)c1ncc(Br)cc1Cl. The van der Waals surface area contributed by atoms with Crippen molar-refractivity contribution in [2.24, 2.45) is 0 Å². The van der Waals surface area contributed by atoms with Crippen LogP contribution in [0.4, 0.5) is 5.82 Å². The number of halogens is 2. The predicted molar refractivity (Wildman–Crippen MR) is 63.7 cm³/mol. The molecule has 0 amide bonds. The number of rotatable bonds is 3. The van der Waals surface area contributed by atoms with E-state index in [1.807, 2.05) is 17.9 Å². The first-order valence-corrected chi connectivity index (χ1v) is 5.35. The van der Waals surface area contributed by atoms with E-state index in [-0.39, 0.29) is 0 Å². The molecule has 2 nitrogen and oxygen atoms in total. The van der Waals surface area contributed by atoms with E-state index in [9.17, 15) is 0 Å². The lowest BCUT2D eigenvalue weighted by atomic mass is 10.4. The highest BCUT2D eigenvalue weighted by Gasteiger charge is 2.08. The first kappa shape index (κ1) is 11.4. The minimum atomic E-state index is 0.519. The van der Waals surface area contributed by atoms with Crippen LogP contribution in [0.3, 0.4) is 0 Å². The lowest BCUT2D eigenvalue weighted by Crippen LogP contribution is -2.24. The van der Waals surface area contributed by atoms with Gasteiger partial charge in [0.1, 0.15) is 5.82 Å². The molecular formula is C10H10BrClN2. The number of terminal acetylenes is 1. The summed E-state index contributed by atoms with van der Waals surface area (Å²) in [5.41, 5.74) is 0. The number of hydrogen-bond donors (Lipinski definition) is 0. The second-order valence-corrected chi connectivity index (χ2v) is 4.00. The fourth-order valence-corrected chi connectivity index (χ4v) is 1.84. The number of hydrogen-bond acceptors (Lipinski definition) is 2. The fraction of sp³-hybridized carbons (Fsp3) is 0.300. The summed E-state index contributed by atoms with van der Waals surface area (Å²) in [5.74, 6) is 3.31. The summed E-state index contributed by atoms with van der Waals surface area (Å²) in [4.78, 5) is 6.16. The van der Waals surface area contributed by atoms with Crippen molar-refractivity contribution in [3.05, 3.63) is 21.8 Å². The van der Waals surface area contributed by atoms with Crippen molar-refractivity contribution in [1.82, 2.24) is 4.98 Å². The Hall–Kier alpha value is -0.720. The molecule has 1 aromatic rings. The van der Waals surface area contributed by atoms with Gasteiger partial charge in [-0.25, -0.2) is 4.98 Å². The lowest BCUT2D eigenvalue weighted by Gasteiger charge is -2.19. The summed E-state index contributed by atoms with van der Waals surface area (Å²) in [6.45, 7) is 3.32. The molecule has 1 rings (SSSR count). The quantitative estimate of drug-likeness (QED) is 0.787. The number of pyridine rings is 1. The van der Waals surface area contributed by atoms with Crippen LogP contribution in [0.15, 0.2) is 16.7 Å². The van der Waals surface area contributed by atoms with Crippen LogP contribution in [-0.2, 0) is 0 Å². The zero-order valence-corrected chi connectivity index (χ0v) is 10.1. The van der Waals surface area contributed by atoms with Gasteiger partial charge in [-0.2, -0.15) is 0 Å². The molecule has 0 unspecified atom stereocenters. The van der Waals surface area contributed by atoms with E-state index in [0.29, 0.717) is 11.6 Å². The fourth-order valence-electron chi connectivity index (χ4n) is 1.09. The van der Waals surface area contributed by atoms with Crippen LogP contribution in [-0.4, -0.2) is 18.1 Å². The van der Waals surface area contributed by atoms with Crippen molar-refractivity contribution in [2.75, 3.05) is 18.0 Å². The molecule has 0 N–H and O–H groups in total. The zero-order chi connectivity index (χ0) is 10.6. The first-order valence-electron chi connectivity index (χ1n) is 4.18. The lowest BCUT2D eigenvalue weighted by molar-refractivity contribution is 0.893. The van der Waals surface area contributed by atoms with E-state index in [2.05, 4.69) is 26.8 Å². The molecule has 1 heterocycles. The van der Waals surface area contributed by atoms with Gasteiger partial charge in [0, 0.05) is 17.2 Å². The summed E-state index contributed by atoms with van der Waals surface area (Å²) in [7, 11) is 0. The van der Waals surface area contributed by atoms with Gasteiger partial charge in [-0.05, 0) is 28.9 Å². The van der Waals surface area contributed by atoms with Crippen LogP contribution in [0.25, 0.3) is 0 Å². The van der Waals surface area contributed by atoms with Crippen LogP contribution in [0.5, 0.6) is 0 Å². The average Bonchev–Trinajstić information content (AvgIpc) is 2.15. The molecule has 0 atom stereocenters. The second kappa shape index (κ2) is 5.23. The standard InChI is InChI=1S/C10H10BrClN2/c1-3-5-14(4-2)10-9(12)6-8(11)7-13-10/h1,6-7H,4-5H2,2H3. The van der Waals surface area contributed by atoms with Crippen molar-refractivity contribution in [3.8, 4) is 12.3 Å². The average molecular weight is 274 g/mol. The van der Waals surface area contributed by atoms with Gasteiger partial charge in [-0.3, -0.25) is 0 Å². The van der Waals surface area contributed by atoms with Gasteiger partial charge >= 0.3 is 0 Å². The Kier molecular flexibility index (Phi) is 4.24. The molecule has 0 spiro atoms. The molecule has 0 aromatic carbocycles. The Bertz CT molecular complexity index is 360. The maximum Gasteiger partial charge on any atom is 0.148 e. The Morgan fingerprint density at radius 2 is 2.43 bits per heavy atom. The third-order valence-electron chi connectivity index (χ3n) is 1.75. The van der Waals surface area contributed by atoms with E-state index in [1.165, 1.54) is 0 Å². The molecule has 0 aliphatic carbocycles. The van der Waals surface area contributed by atoms with Gasteiger partial charge in [0.15, 0.2) is 0 Å². The van der Waals surface area contributed by atoms with E-state index in [0.717, 1.165) is 16.8 Å². The number of anilines is 1.